The molecule has 0 aromatic carbocycles. The maximum absolute atomic E-state index is 12.6. The van der Waals surface area contributed by atoms with E-state index < -0.39 is 22.0 Å². The third-order valence-corrected chi connectivity index (χ3v) is 4.23. The van der Waals surface area contributed by atoms with Gasteiger partial charge < -0.3 is 0 Å². The van der Waals surface area contributed by atoms with Crippen molar-refractivity contribution in [3.05, 3.63) is 54.5 Å². The number of hydrogen-bond acceptors (Lipinski definition) is 4. The average molecular weight is 324 g/mol. The molecule has 6 nitrogen and oxygen atoms in total. The molecule has 9 heteroatoms. The molecule has 3 aromatic rings. The van der Waals surface area contributed by atoms with Gasteiger partial charge in [-0.05, 0) is 18.2 Å². The molecule has 0 radical (unpaired) electrons. The molecule has 22 heavy (non-hydrogen) atoms. The number of aromatic nitrogens is 3. The van der Waals surface area contributed by atoms with Crippen molar-refractivity contribution in [2.45, 2.75) is 11.3 Å². The number of hydrogen-bond donors (Lipinski definition) is 1. The molecule has 0 amide bonds. The molecule has 3 aromatic heterocycles. The molecule has 0 spiro atoms. The number of rotatable bonds is 4. The summed E-state index contributed by atoms with van der Waals surface area (Å²) < 4.78 is 53.4. The van der Waals surface area contributed by atoms with Crippen LogP contribution < -0.4 is 4.72 Å². The van der Waals surface area contributed by atoms with Crippen LogP contribution in [-0.4, -0.2) is 23.0 Å². The molecule has 114 valence electrons. The first kappa shape index (κ1) is 14.4. The van der Waals surface area contributed by atoms with Crippen LogP contribution in [0, 0.1) is 0 Å². The minimum absolute atomic E-state index is 0.0913. The van der Waals surface area contributed by atoms with Crippen LogP contribution in [0.4, 0.5) is 14.6 Å². The first-order valence-electron chi connectivity index (χ1n) is 6.16. The molecular formula is C13H10F2N4O2S. The smallest absolute Gasteiger partial charge is 0.263 e. The van der Waals surface area contributed by atoms with Gasteiger partial charge in [0.2, 0.25) is 0 Å². The lowest BCUT2D eigenvalue weighted by Crippen LogP contribution is -2.14. The predicted molar refractivity (Wildman–Crippen MR) is 75.2 cm³/mol. The van der Waals surface area contributed by atoms with Crippen LogP contribution in [0.3, 0.4) is 0 Å². The number of alkyl halides is 2. The number of nitrogens with zero attached hydrogens (tertiary/aromatic N) is 3. The summed E-state index contributed by atoms with van der Waals surface area (Å²) in [6, 6.07) is 7.70. The monoisotopic (exact) mass is 324 g/mol. The standard InChI is InChI=1S/C13H10F2N4O2S/c14-13(15)9-5-11(8-16-7-9)22(20,21)18-12-6-10-3-1-2-4-19(10)17-12/h1-8,13H,(H,17,18). The van der Waals surface area contributed by atoms with Crippen molar-refractivity contribution in [2.24, 2.45) is 0 Å². The second kappa shape index (κ2) is 5.34. The molecule has 3 heterocycles. The molecule has 0 aliphatic heterocycles. The number of pyridine rings is 2. The Kier molecular flexibility index (Phi) is 3.49. The highest BCUT2D eigenvalue weighted by Gasteiger charge is 2.19. The van der Waals surface area contributed by atoms with Crippen molar-refractivity contribution in [1.29, 1.82) is 0 Å². The Morgan fingerprint density at radius 1 is 1.18 bits per heavy atom. The lowest BCUT2D eigenvalue weighted by molar-refractivity contribution is 0.150. The molecule has 0 saturated carbocycles. The molecule has 0 unspecified atom stereocenters. The van der Waals surface area contributed by atoms with Crippen LogP contribution >= 0.6 is 0 Å². The Hall–Kier alpha value is -2.55. The van der Waals surface area contributed by atoms with Gasteiger partial charge in [0.1, 0.15) is 4.90 Å². The summed E-state index contributed by atoms with van der Waals surface area (Å²) in [7, 11) is -4.04. The zero-order valence-electron chi connectivity index (χ0n) is 11.0. The minimum atomic E-state index is -4.04. The predicted octanol–water partition coefficient (Wildman–Crippen LogP) is 2.47. The van der Waals surface area contributed by atoms with E-state index in [2.05, 4.69) is 14.8 Å². The summed E-state index contributed by atoms with van der Waals surface area (Å²) in [6.07, 6.45) is 0.794. The summed E-state index contributed by atoms with van der Waals surface area (Å²) in [6.45, 7) is 0. The molecule has 0 aliphatic rings. The fraction of sp³-hybridized carbons (Fsp3) is 0.0769. The van der Waals surface area contributed by atoms with Gasteiger partial charge in [-0.1, -0.05) is 6.07 Å². The van der Waals surface area contributed by atoms with Gasteiger partial charge in [0.05, 0.1) is 5.52 Å². The second-order valence-electron chi connectivity index (χ2n) is 4.46. The molecule has 1 N–H and O–H groups in total. The Morgan fingerprint density at radius 3 is 2.73 bits per heavy atom. The Morgan fingerprint density at radius 2 is 2.00 bits per heavy atom. The minimum Gasteiger partial charge on any atom is -0.263 e. The summed E-state index contributed by atoms with van der Waals surface area (Å²) in [5.74, 6) is 0.0913. The third-order valence-electron chi connectivity index (χ3n) is 2.91. The van der Waals surface area contributed by atoms with E-state index in [-0.39, 0.29) is 10.7 Å². The summed E-state index contributed by atoms with van der Waals surface area (Å²) in [4.78, 5) is 3.19. The number of anilines is 1. The highest BCUT2D eigenvalue weighted by atomic mass is 32.2. The van der Waals surface area contributed by atoms with Crippen LogP contribution in [0.15, 0.2) is 53.8 Å². The summed E-state index contributed by atoms with van der Waals surface area (Å²) in [5.41, 5.74) is 0.234. The van der Waals surface area contributed by atoms with Crippen LogP contribution in [0.2, 0.25) is 0 Å². The van der Waals surface area contributed by atoms with Crippen molar-refractivity contribution in [3.63, 3.8) is 0 Å². The molecule has 0 bridgehead atoms. The first-order valence-corrected chi connectivity index (χ1v) is 7.64. The van der Waals surface area contributed by atoms with Crippen LogP contribution in [0.1, 0.15) is 12.0 Å². The van der Waals surface area contributed by atoms with Crippen molar-refractivity contribution in [3.8, 4) is 0 Å². The van der Waals surface area contributed by atoms with Crippen molar-refractivity contribution in [2.75, 3.05) is 4.72 Å². The maximum Gasteiger partial charge on any atom is 0.265 e. The van der Waals surface area contributed by atoms with E-state index in [9.17, 15) is 17.2 Å². The van der Waals surface area contributed by atoms with Crippen molar-refractivity contribution in [1.82, 2.24) is 14.6 Å². The lowest BCUT2D eigenvalue weighted by atomic mass is 10.3. The van der Waals surface area contributed by atoms with Gasteiger partial charge in [-0.15, -0.1) is 5.10 Å². The van der Waals surface area contributed by atoms with Crippen LogP contribution in [0.25, 0.3) is 5.52 Å². The van der Waals surface area contributed by atoms with Gasteiger partial charge in [-0.25, -0.2) is 21.7 Å². The Bertz CT molecular complexity index is 891. The van der Waals surface area contributed by atoms with Gasteiger partial charge in [0, 0.05) is 30.2 Å². The fourth-order valence-electron chi connectivity index (χ4n) is 1.89. The maximum atomic E-state index is 12.6. The van der Waals surface area contributed by atoms with Gasteiger partial charge in [0.25, 0.3) is 16.4 Å². The SMILES string of the molecule is O=S(=O)(Nc1cc2ccccn2n1)c1cncc(C(F)F)c1. The molecule has 0 aliphatic carbocycles. The number of nitrogens with one attached hydrogen (secondary N) is 1. The Balaban J connectivity index is 1.94. The van der Waals surface area contributed by atoms with Crippen molar-refractivity contribution < 1.29 is 17.2 Å². The van der Waals surface area contributed by atoms with Crippen LogP contribution in [-0.2, 0) is 10.0 Å². The zero-order valence-corrected chi connectivity index (χ0v) is 11.8. The van der Waals surface area contributed by atoms with E-state index in [4.69, 9.17) is 0 Å². The summed E-state index contributed by atoms with van der Waals surface area (Å²) >= 11 is 0. The van der Waals surface area contributed by atoms with Gasteiger partial charge in [0.15, 0.2) is 5.82 Å². The highest BCUT2D eigenvalue weighted by molar-refractivity contribution is 7.92. The van der Waals surface area contributed by atoms with E-state index in [1.54, 1.807) is 24.4 Å². The van der Waals surface area contributed by atoms with E-state index >= 15 is 0 Å². The largest absolute Gasteiger partial charge is 0.265 e. The number of sulfonamides is 1. The molecule has 3 rings (SSSR count). The normalized spacial score (nSPS) is 12.0. The quantitative estimate of drug-likeness (QED) is 0.800. The Labute approximate surface area is 124 Å². The van der Waals surface area contributed by atoms with Crippen molar-refractivity contribution >= 4 is 21.4 Å². The molecular weight excluding hydrogens is 314 g/mol. The van der Waals surface area contributed by atoms with E-state index in [1.807, 2.05) is 0 Å². The topological polar surface area (TPSA) is 76.4 Å². The van der Waals surface area contributed by atoms with E-state index in [0.717, 1.165) is 18.5 Å². The molecule has 0 fully saturated rings. The first-order chi connectivity index (χ1) is 10.5. The van der Waals surface area contributed by atoms with Gasteiger partial charge in [-0.3, -0.25) is 9.71 Å². The number of halogens is 2. The van der Waals surface area contributed by atoms with Gasteiger partial charge >= 0.3 is 0 Å². The molecule has 0 saturated heterocycles. The zero-order chi connectivity index (χ0) is 15.7. The number of fused-ring (bicyclic) bond motifs is 1. The molecule has 0 atom stereocenters. The lowest BCUT2D eigenvalue weighted by Gasteiger charge is -2.06. The third kappa shape index (κ3) is 2.75. The van der Waals surface area contributed by atoms with Crippen LogP contribution in [0.5, 0.6) is 0 Å². The van der Waals surface area contributed by atoms with E-state index in [1.165, 1.54) is 10.6 Å². The van der Waals surface area contributed by atoms with Gasteiger partial charge in [-0.2, -0.15) is 0 Å². The second-order valence-corrected chi connectivity index (χ2v) is 6.14. The summed E-state index contributed by atoms with van der Waals surface area (Å²) in [5, 5.41) is 4.04. The fourth-order valence-corrected chi connectivity index (χ4v) is 2.87. The van der Waals surface area contributed by atoms with E-state index in [0.29, 0.717) is 5.52 Å². The average Bonchev–Trinajstić information content (AvgIpc) is 2.88. The highest BCUT2D eigenvalue weighted by Crippen LogP contribution is 2.22.